The molecule has 2 aromatic carbocycles. The zero-order chi connectivity index (χ0) is 24.0. The van der Waals surface area contributed by atoms with Crippen molar-refractivity contribution in [3.05, 3.63) is 71.8 Å². The fourth-order valence-electron chi connectivity index (χ4n) is 4.90. The minimum atomic E-state index is -3.50. The van der Waals surface area contributed by atoms with Crippen molar-refractivity contribution in [1.29, 1.82) is 0 Å². The fraction of sp³-hybridized carbons (Fsp3) is 0.462. The van der Waals surface area contributed by atoms with E-state index >= 15 is 0 Å². The largest absolute Gasteiger partial charge is 0.351 e. The predicted octanol–water partition coefficient (Wildman–Crippen LogP) is 3.09. The molecule has 34 heavy (non-hydrogen) atoms. The number of hydrogen-bond donors (Lipinski definition) is 2. The van der Waals surface area contributed by atoms with Crippen molar-refractivity contribution in [1.82, 2.24) is 14.9 Å². The van der Waals surface area contributed by atoms with Crippen LogP contribution in [0.5, 0.6) is 0 Å². The number of sulfonamides is 1. The van der Waals surface area contributed by atoms with Crippen LogP contribution in [0.2, 0.25) is 0 Å². The molecule has 7 nitrogen and oxygen atoms in total. The lowest BCUT2D eigenvalue weighted by atomic mass is 9.89. The van der Waals surface area contributed by atoms with Crippen molar-refractivity contribution >= 4 is 21.8 Å². The van der Waals surface area contributed by atoms with Gasteiger partial charge in [0, 0.05) is 30.7 Å². The van der Waals surface area contributed by atoms with Gasteiger partial charge in [-0.1, -0.05) is 61.4 Å². The fourth-order valence-corrected chi connectivity index (χ4v) is 6.51. The van der Waals surface area contributed by atoms with Gasteiger partial charge in [-0.15, -0.1) is 0 Å². The molecule has 2 aliphatic rings. The molecule has 1 aliphatic carbocycles. The van der Waals surface area contributed by atoms with Crippen LogP contribution in [0.1, 0.15) is 54.4 Å². The highest BCUT2D eigenvalue weighted by molar-refractivity contribution is 7.88. The number of benzene rings is 2. The minimum absolute atomic E-state index is 0.0571. The highest BCUT2D eigenvalue weighted by Crippen LogP contribution is 2.24. The van der Waals surface area contributed by atoms with E-state index in [1.54, 1.807) is 24.3 Å². The molecular weight excluding hydrogens is 450 g/mol. The first-order valence-electron chi connectivity index (χ1n) is 12.1. The number of rotatable bonds is 7. The van der Waals surface area contributed by atoms with Gasteiger partial charge in [-0.3, -0.25) is 9.59 Å². The Bertz CT molecular complexity index is 1080. The Kier molecular flexibility index (Phi) is 8.00. The highest BCUT2D eigenvalue weighted by Gasteiger charge is 2.35. The third kappa shape index (κ3) is 6.24. The van der Waals surface area contributed by atoms with Crippen LogP contribution in [0.4, 0.5) is 0 Å². The Hall–Kier alpha value is -2.71. The summed E-state index contributed by atoms with van der Waals surface area (Å²) in [5.41, 5.74) is 1.35. The number of carbonyl (C=O) groups is 2. The molecule has 2 aromatic rings. The van der Waals surface area contributed by atoms with Gasteiger partial charge in [0.25, 0.3) is 5.91 Å². The van der Waals surface area contributed by atoms with E-state index in [0.717, 1.165) is 31.2 Å². The topological polar surface area (TPSA) is 95.6 Å². The Morgan fingerprint density at radius 1 is 0.824 bits per heavy atom. The van der Waals surface area contributed by atoms with Gasteiger partial charge in [-0.05, 0) is 43.4 Å². The van der Waals surface area contributed by atoms with Gasteiger partial charge < -0.3 is 10.6 Å². The van der Waals surface area contributed by atoms with Crippen molar-refractivity contribution in [2.75, 3.05) is 13.1 Å². The molecule has 2 unspecified atom stereocenters. The van der Waals surface area contributed by atoms with Gasteiger partial charge in [0.1, 0.15) is 0 Å². The maximum atomic E-state index is 13.2. The molecule has 1 aliphatic heterocycles. The lowest BCUT2D eigenvalue weighted by Crippen LogP contribution is -2.55. The average molecular weight is 484 g/mol. The van der Waals surface area contributed by atoms with Crippen LogP contribution in [0.15, 0.2) is 60.7 Å². The summed E-state index contributed by atoms with van der Waals surface area (Å²) < 4.78 is 27.4. The molecule has 1 saturated carbocycles. The van der Waals surface area contributed by atoms with E-state index in [1.165, 1.54) is 4.31 Å². The first-order valence-corrected chi connectivity index (χ1v) is 13.7. The number of piperidine rings is 1. The summed E-state index contributed by atoms with van der Waals surface area (Å²) >= 11 is 0. The summed E-state index contributed by atoms with van der Waals surface area (Å²) in [7, 11) is -3.50. The smallest absolute Gasteiger partial charge is 0.251 e. The van der Waals surface area contributed by atoms with Crippen molar-refractivity contribution in [3.63, 3.8) is 0 Å². The normalized spacial score (nSPS) is 23.7. The molecule has 0 spiro atoms. The summed E-state index contributed by atoms with van der Waals surface area (Å²) in [6.45, 7) is 0.646. The second kappa shape index (κ2) is 11.1. The van der Waals surface area contributed by atoms with Crippen LogP contribution in [-0.4, -0.2) is 49.7 Å². The third-order valence-corrected chi connectivity index (χ3v) is 8.60. The van der Waals surface area contributed by atoms with Gasteiger partial charge in [-0.2, -0.15) is 0 Å². The second-order valence-electron chi connectivity index (χ2n) is 9.28. The summed E-state index contributed by atoms with van der Waals surface area (Å²) in [5.74, 6) is -0.696. The van der Waals surface area contributed by atoms with Crippen LogP contribution >= 0.6 is 0 Å². The van der Waals surface area contributed by atoms with E-state index < -0.39 is 10.0 Å². The van der Waals surface area contributed by atoms with Gasteiger partial charge >= 0.3 is 0 Å². The van der Waals surface area contributed by atoms with Crippen molar-refractivity contribution < 1.29 is 18.0 Å². The molecule has 1 saturated heterocycles. The molecule has 0 aromatic heterocycles. The summed E-state index contributed by atoms with van der Waals surface area (Å²) in [6.07, 6.45) is 4.92. The molecule has 2 amide bonds. The first kappa shape index (κ1) is 24.4. The average Bonchev–Trinajstić information content (AvgIpc) is 2.86. The van der Waals surface area contributed by atoms with Crippen LogP contribution < -0.4 is 10.6 Å². The van der Waals surface area contributed by atoms with Crippen molar-refractivity contribution in [2.45, 2.75) is 56.4 Å². The van der Waals surface area contributed by atoms with E-state index in [4.69, 9.17) is 0 Å². The van der Waals surface area contributed by atoms with Gasteiger partial charge in [0.05, 0.1) is 11.7 Å². The standard InChI is InChI=1S/C26H33N3O4S/c30-25(21-12-5-2-6-13-21)27-23-15-7-8-16-24(23)28-26(31)22-14-9-17-29(18-22)34(32,33)19-20-10-3-1-4-11-20/h1-6,10-13,22-24H,7-9,14-19H2,(H,27,30)(H,28,31)/t22?,23-,24?/m1/s1. The number of nitrogens with one attached hydrogen (secondary N) is 2. The number of nitrogens with zero attached hydrogens (tertiary/aromatic N) is 1. The molecular formula is C26H33N3O4S. The summed E-state index contributed by atoms with van der Waals surface area (Å²) in [6, 6.07) is 17.9. The Morgan fingerprint density at radius 2 is 1.44 bits per heavy atom. The van der Waals surface area contributed by atoms with Gasteiger partial charge in [0.15, 0.2) is 0 Å². The number of hydrogen-bond acceptors (Lipinski definition) is 4. The third-order valence-electron chi connectivity index (χ3n) is 6.79. The molecule has 4 rings (SSSR count). The SMILES string of the molecule is O=C(N[C@@H]1CCCCC1NC(=O)C1CCCN(S(=O)(=O)Cc2ccccc2)C1)c1ccccc1. The molecule has 3 atom stereocenters. The van der Waals surface area contributed by atoms with Crippen LogP contribution in [-0.2, 0) is 20.6 Å². The van der Waals surface area contributed by atoms with Crippen molar-refractivity contribution in [2.24, 2.45) is 5.92 Å². The second-order valence-corrected chi connectivity index (χ2v) is 11.3. The highest BCUT2D eigenvalue weighted by atomic mass is 32.2. The van der Waals surface area contributed by atoms with E-state index in [-0.39, 0.29) is 42.1 Å². The van der Waals surface area contributed by atoms with Crippen molar-refractivity contribution in [3.8, 4) is 0 Å². The molecule has 0 radical (unpaired) electrons. The lowest BCUT2D eigenvalue weighted by Gasteiger charge is -2.36. The Balaban J connectivity index is 1.36. The molecule has 2 fully saturated rings. The molecule has 8 heteroatoms. The first-order chi connectivity index (χ1) is 16.4. The van der Waals surface area contributed by atoms with Gasteiger partial charge in [0.2, 0.25) is 15.9 Å². The molecule has 1 heterocycles. The zero-order valence-corrected chi connectivity index (χ0v) is 20.2. The molecule has 182 valence electrons. The monoisotopic (exact) mass is 483 g/mol. The van der Waals surface area contributed by atoms with Gasteiger partial charge in [-0.25, -0.2) is 12.7 Å². The summed E-state index contributed by atoms with van der Waals surface area (Å²) in [5, 5.41) is 6.24. The zero-order valence-electron chi connectivity index (χ0n) is 19.4. The molecule has 0 bridgehead atoms. The Labute approximate surface area is 202 Å². The van der Waals surface area contributed by atoms with E-state index in [9.17, 15) is 18.0 Å². The van der Waals surface area contributed by atoms with E-state index in [0.29, 0.717) is 24.9 Å². The maximum absolute atomic E-state index is 13.2. The summed E-state index contributed by atoms with van der Waals surface area (Å²) in [4.78, 5) is 25.8. The number of amides is 2. The van der Waals surface area contributed by atoms with E-state index in [1.807, 2.05) is 36.4 Å². The number of carbonyl (C=O) groups excluding carboxylic acids is 2. The Morgan fingerprint density at radius 3 is 2.12 bits per heavy atom. The maximum Gasteiger partial charge on any atom is 0.251 e. The quantitative estimate of drug-likeness (QED) is 0.633. The predicted molar refractivity (Wildman–Crippen MR) is 131 cm³/mol. The van der Waals surface area contributed by atoms with Crippen LogP contribution in [0.25, 0.3) is 0 Å². The molecule has 2 N–H and O–H groups in total. The minimum Gasteiger partial charge on any atom is -0.351 e. The van der Waals surface area contributed by atoms with Crippen LogP contribution in [0, 0.1) is 5.92 Å². The van der Waals surface area contributed by atoms with Crippen LogP contribution in [0.3, 0.4) is 0 Å². The lowest BCUT2D eigenvalue weighted by molar-refractivity contribution is -0.127. The van der Waals surface area contributed by atoms with E-state index in [2.05, 4.69) is 10.6 Å².